The molecule has 0 unspecified atom stereocenters. The summed E-state index contributed by atoms with van der Waals surface area (Å²) in [7, 11) is 0. The fraction of sp³-hybridized carbons (Fsp3) is 0.438. The van der Waals surface area contributed by atoms with Crippen LogP contribution in [0.25, 0.3) is 0 Å². The molecule has 1 fully saturated rings. The lowest BCUT2D eigenvalue weighted by Gasteiger charge is -2.23. The van der Waals surface area contributed by atoms with Crippen LogP contribution < -0.4 is 4.90 Å². The molecule has 1 aliphatic heterocycles. The number of nitro benzene ring substituents is 1. The van der Waals surface area contributed by atoms with Gasteiger partial charge in [-0.1, -0.05) is 6.08 Å². The van der Waals surface area contributed by atoms with Crippen LogP contribution in [0.1, 0.15) is 23.2 Å². The number of alkyl halides is 3. The Kier molecular flexibility index (Phi) is 5.66. The molecule has 1 aromatic rings. The molecule has 1 amide bonds. The van der Waals surface area contributed by atoms with Crippen molar-refractivity contribution in [3.63, 3.8) is 0 Å². The third-order valence-electron chi connectivity index (χ3n) is 3.87. The number of rotatable bonds is 6. The van der Waals surface area contributed by atoms with E-state index in [0.29, 0.717) is 23.7 Å². The van der Waals surface area contributed by atoms with E-state index < -0.39 is 23.6 Å². The topological polar surface area (TPSA) is 66.7 Å². The van der Waals surface area contributed by atoms with Crippen LogP contribution in [-0.4, -0.2) is 48.1 Å². The second-order valence-electron chi connectivity index (χ2n) is 5.74. The zero-order valence-corrected chi connectivity index (χ0v) is 13.5. The summed E-state index contributed by atoms with van der Waals surface area (Å²) in [6.07, 6.45) is -1.57. The zero-order valence-electron chi connectivity index (χ0n) is 13.5. The van der Waals surface area contributed by atoms with Gasteiger partial charge in [0.2, 0.25) is 0 Å². The van der Waals surface area contributed by atoms with Crippen molar-refractivity contribution in [1.29, 1.82) is 0 Å². The Hall–Kier alpha value is -2.58. The summed E-state index contributed by atoms with van der Waals surface area (Å²) in [5.41, 5.74) is -0.0517. The van der Waals surface area contributed by atoms with E-state index in [9.17, 15) is 28.1 Å². The van der Waals surface area contributed by atoms with Gasteiger partial charge in [0.1, 0.15) is 12.2 Å². The fourth-order valence-corrected chi connectivity index (χ4v) is 2.80. The van der Waals surface area contributed by atoms with Crippen molar-refractivity contribution in [2.75, 3.05) is 31.1 Å². The van der Waals surface area contributed by atoms with Crippen LogP contribution in [-0.2, 0) is 0 Å². The predicted molar refractivity (Wildman–Crippen MR) is 86.7 cm³/mol. The molecule has 2 rings (SSSR count). The zero-order chi connectivity index (χ0) is 18.6. The second kappa shape index (κ2) is 7.54. The van der Waals surface area contributed by atoms with Crippen molar-refractivity contribution < 1.29 is 22.9 Å². The third-order valence-corrected chi connectivity index (χ3v) is 3.87. The van der Waals surface area contributed by atoms with Crippen molar-refractivity contribution in [2.24, 2.45) is 0 Å². The lowest BCUT2D eigenvalue weighted by atomic mass is 10.1. The Bertz CT molecular complexity index is 670. The number of carbonyl (C=O) groups excluding carboxylic acids is 1. The van der Waals surface area contributed by atoms with Gasteiger partial charge in [-0.25, -0.2) is 0 Å². The van der Waals surface area contributed by atoms with E-state index in [-0.39, 0.29) is 17.8 Å². The fourth-order valence-electron chi connectivity index (χ4n) is 2.80. The van der Waals surface area contributed by atoms with Gasteiger partial charge < -0.3 is 9.80 Å². The molecule has 1 heterocycles. The molecule has 0 saturated carbocycles. The summed E-state index contributed by atoms with van der Waals surface area (Å²) in [6, 6.07) is 3.80. The largest absolute Gasteiger partial charge is 0.406 e. The minimum Gasteiger partial charge on any atom is -0.366 e. The van der Waals surface area contributed by atoms with Crippen LogP contribution in [0.15, 0.2) is 30.9 Å². The van der Waals surface area contributed by atoms with Gasteiger partial charge in [-0.3, -0.25) is 14.9 Å². The Morgan fingerprint density at radius 3 is 2.52 bits per heavy atom. The van der Waals surface area contributed by atoms with Crippen LogP contribution in [0.3, 0.4) is 0 Å². The first-order chi connectivity index (χ1) is 11.7. The van der Waals surface area contributed by atoms with E-state index in [1.807, 2.05) is 4.90 Å². The number of hydrogen-bond donors (Lipinski definition) is 0. The first-order valence-corrected chi connectivity index (χ1v) is 7.73. The maximum Gasteiger partial charge on any atom is 0.406 e. The first-order valence-electron chi connectivity index (χ1n) is 7.73. The second-order valence-corrected chi connectivity index (χ2v) is 5.74. The molecular weight excluding hydrogens is 339 g/mol. The quantitative estimate of drug-likeness (QED) is 0.445. The minimum atomic E-state index is -4.57. The van der Waals surface area contributed by atoms with Crippen molar-refractivity contribution >= 4 is 17.3 Å². The van der Waals surface area contributed by atoms with Gasteiger partial charge in [-0.15, -0.1) is 6.58 Å². The van der Waals surface area contributed by atoms with Crippen LogP contribution in [0, 0.1) is 10.1 Å². The van der Waals surface area contributed by atoms with Crippen LogP contribution in [0.4, 0.5) is 24.5 Å². The standard InChI is InChI=1S/C16H18F3N3O3/c1-2-7-21(11-16(17,18)19)15(23)12-5-6-13(14(10-12)22(24)25)20-8-3-4-9-20/h2,5-6,10H,1,3-4,7-9,11H2. The summed E-state index contributed by atoms with van der Waals surface area (Å²) in [5, 5.41) is 11.3. The third kappa shape index (κ3) is 4.71. The summed E-state index contributed by atoms with van der Waals surface area (Å²) < 4.78 is 37.9. The van der Waals surface area contributed by atoms with Crippen LogP contribution in [0.2, 0.25) is 0 Å². The lowest BCUT2D eigenvalue weighted by molar-refractivity contribution is -0.384. The van der Waals surface area contributed by atoms with E-state index in [2.05, 4.69) is 6.58 Å². The molecule has 0 spiro atoms. The molecule has 25 heavy (non-hydrogen) atoms. The summed E-state index contributed by atoms with van der Waals surface area (Å²) >= 11 is 0. The molecule has 0 atom stereocenters. The molecule has 9 heteroatoms. The minimum absolute atomic E-state index is 0.152. The monoisotopic (exact) mass is 357 g/mol. The average molecular weight is 357 g/mol. The van der Waals surface area contributed by atoms with Gasteiger partial charge in [0.25, 0.3) is 11.6 Å². The summed E-state index contributed by atoms with van der Waals surface area (Å²) in [5.74, 6) is -0.923. The molecule has 0 aromatic heterocycles. The van der Waals surface area contributed by atoms with Gasteiger partial charge in [-0.2, -0.15) is 13.2 Å². The maximum atomic E-state index is 12.6. The first kappa shape index (κ1) is 18.8. The van der Waals surface area contributed by atoms with Gasteiger partial charge >= 0.3 is 6.18 Å². The highest BCUT2D eigenvalue weighted by Crippen LogP contribution is 2.32. The van der Waals surface area contributed by atoms with Crippen molar-refractivity contribution in [2.45, 2.75) is 19.0 Å². The van der Waals surface area contributed by atoms with Gasteiger partial charge in [0.05, 0.1) is 4.92 Å². The molecular formula is C16H18F3N3O3. The smallest absolute Gasteiger partial charge is 0.366 e. The van der Waals surface area contributed by atoms with E-state index in [0.717, 1.165) is 18.9 Å². The number of carbonyl (C=O) groups is 1. The molecule has 6 nitrogen and oxygen atoms in total. The molecule has 1 aromatic carbocycles. The SMILES string of the molecule is C=CCN(CC(F)(F)F)C(=O)c1ccc(N2CCCC2)c([N+](=O)[O-])c1. The molecule has 1 aliphatic rings. The molecule has 0 N–H and O–H groups in total. The number of amides is 1. The number of anilines is 1. The Labute approximate surface area is 142 Å². The normalized spacial score (nSPS) is 14.4. The maximum absolute atomic E-state index is 12.6. The van der Waals surface area contributed by atoms with Crippen LogP contribution >= 0.6 is 0 Å². The highest BCUT2D eigenvalue weighted by Gasteiger charge is 2.33. The number of benzene rings is 1. The van der Waals surface area contributed by atoms with E-state index in [1.165, 1.54) is 18.2 Å². The van der Waals surface area contributed by atoms with Crippen molar-refractivity contribution in [1.82, 2.24) is 4.90 Å². The number of halogens is 3. The Morgan fingerprint density at radius 1 is 1.36 bits per heavy atom. The van der Waals surface area contributed by atoms with Gasteiger partial charge in [0, 0.05) is 31.3 Å². The molecule has 136 valence electrons. The van der Waals surface area contributed by atoms with E-state index in [1.54, 1.807) is 0 Å². The highest BCUT2D eigenvalue weighted by molar-refractivity contribution is 5.96. The number of nitrogens with zero attached hydrogens (tertiary/aromatic N) is 3. The number of hydrogen-bond acceptors (Lipinski definition) is 4. The van der Waals surface area contributed by atoms with E-state index >= 15 is 0 Å². The summed E-state index contributed by atoms with van der Waals surface area (Å²) in [6.45, 7) is 2.94. The van der Waals surface area contributed by atoms with E-state index in [4.69, 9.17) is 0 Å². The Morgan fingerprint density at radius 2 is 2.00 bits per heavy atom. The highest BCUT2D eigenvalue weighted by atomic mass is 19.4. The van der Waals surface area contributed by atoms with Gasteiger partial charge in [-0.05, 0) is 25.0 Å². The van der Waals surface area contributed by atoms with Gasteiger partial charge in [0.15, 0.2) is 0 Å². The number of nitro groups is 1. The van der Waals surface area contributed by atoms with Crippen molar-refractivity contribution in [3.8, 4) is 0 Å². The van der Waals surface area contributed by atoms with Crippen LogP contribution in [0.5, 0.6) is 0 Å². The van der Waals surface area contributed by atoms with Crippen molar-refractivity contribution in [3.05, 3.63) is 46.5 Å². The average Bonchev–Trinajstić information content (AvgIpc) is 3.06. The lowest BCUT2D eigenvalue weighted by Crippen LogP contribution is -2.39. The molecule has 0 aliphatic carbocycles. The Balaban J connectivity index is 2.33. The summed E-state index contributed by atoms with van der Waals surface area (Å²) in [4.78, 5) is 25.5. The molecule has 0 radical (unpaired) electrons. The molecule has 1 saturated heterocycles. The molecule has 0 bridgehead atoms. The predicted octanol–water partition coefficient (Wildman–Crippen LogP) is 3.39.